The average molecular weight is 395 g/mol. The average Bonchev–Trinajstić information content (AvgIpc) is 3.20. The van der Waals surface area contributed by atoms with E-state index in [4.69, 9.17) is 4.74 Å². The number of nitrogens with zero attached hydrogens (tertiary/aromatic N) is 1. The molecule has 28 heavy (non-hydrogen) atoms. The highest BCUT2D eigenvalue weighted by Crippen LogP contribution is 2.20. The van der Waals surface area contributed by atoms with Crippen LogP contribution < -0.4 is 15.4 Å². The number of thiazole rings is 1. The second kappa shape index (κ2) is 9.14. The minimum Gasteiger partial charge on any atom is -0.484 e. The predicted molar refractivity (Wildman–Crippen MR) is 111 cm³/mol. The fourth-order valence-corrected chi connectivity index (χ4v) is 3.05. The molecule has 1 heterocycles. The van der Waals surface area contributed by atoms with Crippen LogP contribution >= 0.6 is 11.3 Å². The van der Waals surface area contributed by atoms with Crippen molar-refractivity contribution < 1.29 is 14.3 Å². The molecule has 6 nitrogen and oxygen atoms in total. The van der Waals surface area contributed by atoms with Crippen LogP contribution in [0.25, 0.3) is 0 Å². The molecule has 0 spiro atoms. The van der Waals surface area contributed by atoms with Crippen molar-refractivity contribution in [1.82, 2.24) is 4.98 Å². The first-order chi connectivity index (χ1) is 13.5. The van der Waals surface area contributed by atoms with Gasteiger partial charge < -0.3 is 10.1 Å². The third-order valence-corrected chi connectivity index (χ3v) is 4.70. The summed E-state index contributed by atoms with van der Waals surface area (Å²) in [6.07, 6.45) is 1.61. The molecule has 2 aromatic carbocycles. The summed E-state index contributed by atoms with van der Waals surface area (Å²) < 4.78 is 5.54. The molecule has 1 aromatic heterocycles. The van der Waals surface area contributed by atoms with Crippen LogP contribution in [0.3, 0.4) is 0 Å². The van der Waals surface area contributed by atoms with Crippen LogP contribution in [-0.2, 0) is 4.79 Å². The molecule has 2 amide bonds. The van der Waals surface area contributed by atoms with E-state index in [0.717, 1.165) is 0 Å². The molecule has 0 unspecified atom stereocenters. The Hall–Kier alpha value is -3.19. The highest BCUT2D eigenvalue weighted by Gasteiger charge is 2.14. The molecule has 0 saturated carbocycles. The summed E-state index contributed by atoms with van der Waals surface area (Å²) in [7, 11) is 0. The largest absolute Gasteiger partial charge is 0.484 e. The topological polar surface area (TPSA) is 80.3 Å². The van der Waals surface area contributed by atoms with Gasteiger partial charge in [0.25, 0.3) is 11.8 Å². The van der Waals surface area contributed by atoms with E-state index in [-0.39, 0.29) is 18.4 Å². The molecule has 2 N–H and O–H groups in total. The molecular formula is C21H21N3O3S. The molecule has 0 aliphatic carbocycles. The van der Waals surface area contributed by atoms with Gasteiger partial charge >= 0.3 is 0 Å². The molecule has 7 heteroatoms. The second-order valence-corrected chi connectivity index (χ2v) is 7.29. The lowest BCUT2D eigenvalue weighted by Gasteiger charge is -2.12. The van der Waals surface area contributed by atoms with Gasteiger partial charge in [-0.05, 0) is 35.7 Å². The monoisotopic (exact) mass is 395 g/mol. The fourth-order valence-electron chi connectivity index (χ4n) is 2.52. The third kappa shape index (κ3) is 5.17. The Kier molecular flexibility index (Phi) is 6.39. The molecule has 0 aliphatic rings. The number of ether oxygens (including phenoxy) is 1. The maximum Gasteiger partial charge on any atom is 0.262 e. The number of hydrogen-bond donors (Lipinski definition) is 2. The Labute approximate surface area is 167 Å². The summed E-state index contributed by atoms with van der Waals surface area (Å²) in [5.74, 6) is 0.372. The van der Waals surface area contributed by atoms with Crippen molar-refractivity contribution in [3.63, 3.8) is 0 Å². The minimum absolute atomic E-state index is 0.149. The summed E-state index contributed by atoms with van der Waals surface area (Å²) in [4.78, 5) is 28.8. The minimum atomic E-state index is -0.345. The van der Waals surface area contributed by atoms with Crippen LogP contribution in [0.1, 0.15) is 35.7 Å². The standard InChI is InChI=1S/C21H21N3O3S/c1-14(2)15-7-9-16(10-8-15)27-13-19(25)23-18-6-4-3-5-17(18)20(26)24-21-22-11-12-28-21/h3-12,14H,13H2,1-2H3,(H,23,25)(H,22,24,26). The Morgan fingerprint density at radius 1 is 1.07 bits per heavy atom. The first kappa shape index (κ1) is 19.6. The van der Waals surface area contributed by atoms with Gasteiger partial charge in [0.15, 0.2) is 11.7 Å². The normalized spacial score (nSPS) is 10.5. The number of nitrogens with one attached hydrogen (secondary N) is 2. The van der Waals surface area contributed by atoms with Gasteiger partial charge in [0.05, 0.1) is 11.3 Å². The van der Waals surface area contributed by atoms with Crippen molar-refractivity contribution in [1.29, 1.82) is 0 Å². The van der Waals surface area contributed by atoms with Gasteiger partial charge in [0.1, 0.15) is 5.75 Å². The zero-order valence-electron chi connectivity index (χ0n) is 15.6. The van der Waals surface area contributed by atoms with Crippen molar-refractivity contribution in [2.75, 3.05) is 17.2 Å². The molecule has 0 bridgehead atoms. The predicted octanol–water partition coefficient (Wildman–Crippen LogP) is 4.54. The number of aromatic nitrogens is 1. The van der Waals surface area contributed by atoms with Crippen LogP contribution in [0.15, 0.2) is 60.1 Å². The van der Waals surface area contributed by atoms with E-state index in [1.165, 1.54) is 16.9 Å². The third-order valence-electron chi connectivity index (χ3n) is 4.02. The molecule has 0 atom stereocenters. The number of anilines is 2. The summed E-state index contributed by atoms with van der Waals surface area (Å²) in [6, 6.07) is 14.5. The smallest absolute Gasteiger partial charge is 0.262 e. The highest BCUT2D eigenvalue weighted by atomic mass is 32.1. The number of benzene rings is 2. The highest BCUT2D eigenvalue weighted by molar-refractivity contribution is 7.13. The van der Waals surface area contributed by atoms with Gasteiger partial charge in [-0.15, -0.1) is 11.3 Å². The van der Waals surface area contributed by atoms with E-state index in [9.17, 15) is 9.59 Å². The van der Waals surface area contributed by atoms with E-state index in [2.05, 4.69) is 29.5 Å². The SMILES string of the molecule is CC(C)c1ccc(OCC(=O)Nc2ccccc2C(=O)Nc2nccs2)cc1. The van der Waals surface area contributed by atoms with Crippen LogP contribution in [-0.4, -0.2) is 23.4 Å². The maximum atomic E-state index is 12.5. The van der Waals surface area contributed by atoms with Gasteiger partial charge in [-0.3, -0.25) is 14.9 Å². The van der Waals surface area contributed by atoms with Crippen molar-refractivity contribution in [3.8, 4) is 5.75 Å². The lowest BCUT2D eigenvalue weighted by Crippen LogP contribution is -2.22. The van der Waals surface area contributed by atoms with E-state index < -0.39 is 0 Å². The molecule has 0 fully saturated rings. The fraction of sp³-hybridized carbons (Fsp3) is 0.190. The van der Waals surface area contributed by atoms with Gasteiger partial charge in [0, 0.05) is 11.6 Å². The Bertz CT molecular complexity index is 938. The Morgan fingerprint density at radius 3 is 2.50 bits per heavy atom. The molecular weight excluding hydrogens is 374 g/mol. The van der Waals surface area contributed by atoms with Crippen LogP contribution in [0.4, 0.5) is 10.8 Å². The molecule has 0 saturated heterocycles. The quantitative estimate of drug-likeness (QED) is 0.616. The molecule has 0 radical (unpaired) electrons. The van der Waals surface area contributed by atoms with E-state index in [0.29, 0.717) is 28.0 Å². The number of para-hydroxylation sites is 1. The number of amides is 2. The van der Waals surface area contributed by atoms with E-state index in [1.807, 2.05) is 24.3 Å². The van der Waals surface area contributed by atoms with Gasteiger partial charge in [-0.25, -0.2) is 4.98 Å². The van der Waals surface area contributed by atoms with Crippen LogP contribution in [0.2, 0.25) is 0 Å². The summed E-state index contributed by atoms with van der Waals surface area (Å²) in [5.41, 5.74) is 1.98. The maximum absolute atomic E-state index is 12.5. The van der Waals surface area contributed by atoms with Crippen molar-refractivity contribution in [2.45, 2.75) is 19.8 Å². The second-order valence-electron chi connectivity index (χ2n) is 6.40. The molecule has 3 rings (SSSR count). The van der Waals surface area contributed by atoms with Gasteiger partial charge in [-0.1, -0.05) is 38.1 Å². The zero-order chi connectivity index (χ0) is 19.9. The number of rotatable bonds is 7. The van der Waals surface area contributed by atoms with Crippen LogP contribution in [0.5, 0.6) is 5.75 Å². The van der Waals surface area contributed by atoms with Gasteiger partial charge in [0.2, 0.25) is 0 Å². The number of carbonyl (C=O) groups excluding carboxylic acids is 2. The van der Waals surface area contributed by atoms with E-state index >= 15 is 0 Å². The van der Waals surface area contributed by atoms with E-state index in [1.54, 1.807) is 35.8 Å². The molecule has 3 aromatic rings. The summed E-state index contributed by atoms with van der Waals surface area (Å²) in [5, 5.41) is 7.71. The first-order valence-electron chi connectivity index (χ1n) is 8.85. The van der Waals surface area contributed by atoms with Crippen molar-refractivity contribution in [3.05, 3.63) is 71.2 Å². The Morgan fingerprint density at radius 2 is 1.82 bits per heavy atom. The zero-order valence-corrected chi connectivity index (χ0v) is 16.5. The van der Waals surface area contributed by atoms with Crippen molar-refractivity contribution >= 4 is 34.0 Å². The Balaban J connectivity index is 1.60. The number of hydrogen-bond acceptors (Lipinski definition) is 5. The molecule has 0 aliphatic heterocycles. The molecule has 144 valence electrons. The first-order valence-corrected chi connectivity index (χ1v) is 9.73. The number of carbonyl (C=O) groups is 2. The lowest BCUT2D eigenvalue weighted by atomic mass is 10.0. The van der Waals surface area contributed by atoms with Crippen molar-refractivity contribution in [2.24, 2.45) is 0 Å². The summed E-state index contributed by atoms with van der Waals surface area (Å²) >= 11 is 1.32. The lowest BCUT2D eigenvalue weighted by molar-refractivity contribution is -0.118. The summed E-state index contributed by atoms with van der Waals surface area (Å²) in [6.45, 7) is 4.08. The van der Waals surface area contributed by atoms with Gasteiger partial charge in [-0.2, -0.15) is 0 Å². The van der Waals surface area contributed by atoms with Crippen LogP contribution in [0, 0.1) is 0 Å².